The Hall–Kier alpha value is -1.05. The summed E-state index contributed by atoms with van der Waals surface area (Å²) in [7, 11) is 0. The lowest BCUT2D eigenvalue weighted by molar-refractivity contribution is 0.0455. The molecule has 1 aliphatic rings. The van der Waals surface area contributed by atoms with Gasteiger partial charge >= 0.3 is 0 Å². The molecule has 0 spiro atoms. The maximum atomic E-state index is 13.0. The van der Waals surface area contributed by atoms with E-state index in [1.54, 1.807) is 17.8 Å². The van der Waals surface area contributed by atoms with Gasteiger partial charge in [-0.1, -0.05) is 0 Å². The normalized spacial score (nSPS) is 15.7. The van der Waals surface area contributed by atoms with E-state index in [0.29, 0.717) is 10.8 Å². The van der Waals surface area contributed by atoms with E-state index in [2.05, 4.69) is 0 Å². The number of hydrogen-bond donors (Lipinski definition) is 0. The molecule has 1 heterocycles. The third-order valence-electron chi connectivity index (χ3n) is 2.18. The van der Waals surface area contributed by atoms with E-state index >= 15 is 0 Å². The third-order valence-corrected chi connectivity index (χ3v) is 3.42. The van der Waals surface area contributed by atoms with E-state index in [0.717, 1.165) is 24.5 Å². The number of nitrogens with zero attached hydrogens (tertiary/aromatic N) is 1. The molecule has 0 saturated carbocycles. The summed E-state index contributed by atoms with van der Waals surface area (Å²) in [5.74, 6) is 0.398. The molecule has 0 amide bonds. The quantitative estimate of drug-likeness (QED) is 0.788. The van der Waals surface area contributed by atoms with Crippen molar-refractivity contribution in [2.24, 2.45) is 0 Å². The summed E-state index contributed by atoms with van der Waals surface area (Å²) < 4.78 is 18.1. The minimum absolute atomic E-state index is 0.338. The van der Waals surface area contributed by atoms with Gasteiger partial charge in [0, 0.05) is 5.75 Å². The van der Waals surface area contributed by atoms with Crippen molar-refractivity contribution >= 4 is 11.8 Å². The van der Waals surface area contributed by atoms with Crippen LogP contribution < -0.4 is 0 Å². The molecule has 1 aromatic rings. The van der Waals surface area contributed by atoms with Crippen molar-refractivity contribution in [3.63, 3.8) is 0 Å². The molecule has 1 aromatic carbocycles. The molecule has 1 fully saturated rings. The first-order chi connectivity index (χ1) is 7.28. The van der Waals surface area contributed by atoms with Crippen LogP contribution in [0.1, 0.15) is 11.1 Å². The van der Waals surface area contributed by atoms with Gasteiger partial charge in [0.25, 0.3) is 0 Å². The van der Waals surface area contributed by atoms with Gasteiger partial charge in [0.05, 0.1) is 30.1 Å². The zero-order valence-electron chi connectivity index (χ0n) is 8.07. The van der Waals surface area contributed by atoms with Gasteiger partial charge in [-0.15, -0.1) is 11.8 Å². The van der Waals surface area contributed by atoms with Gasteiger partial charge in [0.15, 0.2) is 0 Å². The van der Waals surface area contributed by atoms with Crippen LogP contribution in [0.3, 0.4) is 0 Å². The largest absolute Gasteiger partial charge is 0.379 e. The second-order valence-corrected chi connectivity index (χ2v) is 4.72. The Morgan fingerprint density at radius 1 is 1.47 bits per heavy atom. The highest BCUT2D eigenvalue weighted by molar-refractivity contribution is 7.99. The Labute approximate surface area is 92.0 Å². The maximum absolute atomic E-state index is 13.0. The highest BCUT2D eigenvalue weighted by atomic mass is 32.2. The van der Waals surface area contributed by atoms with E-state index < -0.39 is 0 Å². The summed E-state index contributed by atoms with van der Waals surface area (Å²) in [4.78, 5) is 0. The fourth-order valence-corrected chi connectivity index (χ4v) is 2.30. The molecule has 15 heavy (non-hydrogen) atoms. The minimum atomic E-state index is -0.338. The van der Waals surface area contributed by atoms with Crippen LogP contribution in [0.5, 0.6) is 0 Å². The van der Waals surface area contributed by atoms with Gasteiger partial charge in [0.1, 0.15) is 5.82 Å². The molecule has 78 valence electrons. The van der Waals surface area contributed by atoms with Gasteiger partial charge in [-0.05, 0) is 23.8 Å². The molecule has 2 rings (SSSR count). The fourth-order valence-electron chi connectivity index (χ4n) is 1.32. The predicted molar refractivity (Wildman–Crippen MR) is 57.0 cm³/mol. The van der Waals surface area contributed by atoms with Crippen molar-refractivity contribution in [2.75, 3.05) is 13.2 Å². The highest BCUT2D eigenvalue weighted by Crippen LogP contribution is 2.24. The molecule has 2 nitrogen and oxygen atoms in total. The number of ether oxygens (including phenoxy) is 1. The smallest absolute Gasteiger partial charge is 0.124 e. The average Bonchev–Trinajstić information content (AvgIpc) is 2.14. The van der Waals surface area contributed by atoms with Crippen molar-refractivity contribution in [3.05, 3.63) is 35.1 Å². The van der Waals surface area contributed by atoms with Crippen LogP contribution in [-0.4, -0.2) is 18.5 Å². The Bertz CT molecular complexity index is 398. The van der Waals surface area contributed by atoms with Gasteiger partial charge in [-0.3, -0.25) is 0 Å². The number of halogens is 1. The van der Waals surface area contributed by atoms with Crippen LogP contribution in [0.2, 0.25) is 0 Å². The number of benzene rings is 1. The van der Waals surface area contributed by atoms with E-state index in [1.807, 2.05) is 6.07 Å². The van der Waals surface area contributed by atoms with Crippen LogP contribution in [0.25, 0.3) is 0 Å². The number of rotatable bonds is 3. The lowest BCUT2D eigenvalue weighted by Crippen LogP contribution is -2.30. The molecule has 0 N–H and O–H groups in total. The molecule has 0 radical (unpaired) electrons. The Balaban J connectivity index is 2.00. The average molecular weight is 223 g/mol. The number of hydrogen-bond acceptors (Lipinski definition) is 3. The zero-order valence-corrected chi connectivity index (χ0v) is 8.89. The molecule has 0 aliphatic carbocycles. The lowest BCUT2D eigenvalue weighted by Gasteiger charge is -2.25. The second-order valence-electron chi connectivity index (χ2n) is 3.43. The van der Waals surface area contributed by atoms with Crippen molar-refractivity contribution in [1.82, 2.24) is 0 Å². The Morgan fingerprint density at radius 2 is 2.27 bits per heavy atom. The topological polar surface area (TPSA) is 33.0 Å². The Morgan fingerprint density at radius 3 is 2.87 bits per heavy atom. The molecule has 4 heteroatoms. The lowest BCUT2D eigenvalue weighted by atomic mass is 10.1. The summed E-state index contributed by atoms with van der Waals surface area (Å²) in [6, 6.07) is 6.41. The maximum Gasteiger partial charge on any atom is 0.124 e. The first-order valence-corrected chi connectivity index (χ1v) is 5.72. The van der Waals surface area contributed by atoms with Gasteiger partial charge in [-0.25, -0.2) is 4.39 Å². The molecule has 1 saturated heterocycles. The fraction of sp³-hybridized carbons (Fsp3) is 0.364. The van der Waals surface area contributed by atoms with Gasteiger partial charge in [0.2, 0.25) is 0 Å². The summed E-state index contributed by atoms with van der Waals surface area (Å²) in [5.41, 5.74) is 1.25. The minimum Gasteiger partial charge on any atom is -0.379 e. The molecule has 1 aliphatic heterocycles. The first-order valence-electron chi connectivity index (χ1n) is 4.67. The molecule has 0 aromatic heterocycles. The van der Waals surface area contributed by atoms with Gasteiger partial charge < -0.3 is 4.74 Å². The molecular weight excluding hydrogens is 213 g/mol. The summed E-state index contributed by atoms with van der Waals surface area (Å²) in [6.45, 7) is 1.57. The van der Waals surface area contributed by atoms with Crippen LogP contribution in [0, 0.1) is 17.1 Å². The number of nitriles is 1. The molecule has 0 atom stereocenters. The van der Waals surface area contributed by atoms with E-state index in [-0.39, 0.29) is 5.82 Å². The van der Waals surface area contributed by atoms with Crippen molar-refractivity contribution in [2.45, 2.75) is 11.0 Å². The zero-order chi connectivity index (χ0) is 10.7. The van der Waals surface area contributed by atoms with Crippen molar-refractivity contribution in [1.29, 1.82) is 5.26 Å². The second kappa shape index (κ2) is 4.65. The SMILES string of the molecule is N#Cc1cc(F)cc(CSC2COC2)c1. The van der Waals surface area contributed by atoms with Crippen LogP contribution >= 0.6 is 11.8 Å². The molecule has 0 bridgehead atoms. The Kier molecular flexibility index (Phi) is 3.24. The van der Waals surface area contributed by atoms with E-state index in [9.17, 15) is 4.39 Å². The predicted octanol–water partition coefficient (Wildman–Crippen LogP) is 2.33. The van der Waals surface area contributed by atoms with Crippen LogP contribution in [0.4, 0.5) is 4.39 Å². The van der Waals surface area contributed by atoms with Crippen molar-refractivity contribution in [3.8, 4) is 6.07 Å². The van der Waals surface area contributed by atoms with Gasteiger partial charge in [-0.2, -0.15) is 5.26 Å². The van der Waals surface area contributed by atoms with Crippen LogP contribution in [0.15, 0.2) is 18.2 Å². The first kappa shape index (κ1) is 10.5. The summed E-state index contributed by atoms with van der Waals surface area (Å²) in [6.07, 6.45) is 0. The third kappa shape index (κ3) is 2.71. The summed E-state index contributed by atoms with van der Waals surface area (Å²) >= 11 is 1.74. The highest BCUT2D eigenvalue weighted by Gasteiger charge is 2.18. The molecular formula is C11H10FNOS. The summed E-state index contributed by atoms with van der Waals surface area (Å²) in [5, 5.41) is 9.20. The molecule has 0 unspecified atom stereocenters. The van der Waals surface area contributed by atoms with Crippen molar-refractivity contribution < 1.29 is 9.13 Å². The number of thioether (sulfide) groups is 1. The van der Waals surface area contributed by atoms with E-state index in [1.165, 1.54) is 12.1 Å². The van der Waals surface area contributed by atoms with E-state index in [4.69, 9.17) is 10.00 Å². The van der Waals surface area contributed by atoms with Crippen LogP contribution in [-0.2, 0) is 10.5 Å². The monoisotopic (exact) mass is 223 g/mol. The standard InChI is InChI=1S/C11H10FNOS/c12-10-2-8(4-13)1-9(3-10)7-15-11-5-14-6-11/h1-3,11H,5-7H2.